The van der Waals surface area contributed by atoms with Gasteiger partial charge in [-0.3, -0.25) is 14.3 Å². The van der Waals surface area contributed by atoms with Crippen LogP contribution >= 0.6 is 0 Å². The number of carbonyl (C=O) groups is 2. The SMILES string of the molecule is NC(=O)Cn1cc(NC(=O)C2(c3ccccc3)CCC2)cn1. The van der Waals surface area contributed by atoms with Crippen LogP contribution in [-0.2, 0) is 21.5 Å². The second kappa shape index (κ2) is 5.63. The van der Waals surface area contributed by atoms with Crippen molar-refractivity contribution in [1.82, 2.24) is 9.78 Å². The molecule has 1 fully saturated rings. The van der Waals surface area contributed by atoms with E-state index in [0.717, 1.165) is 24.8 Å². The molecule has 1 aromatic heterocycles. The van der Waals surface area contributed by atoms with Crippen LogP contribution in [0.1, 0.15) is 24.8 Å². The standard InChI is InChI=1S/C16H18N4O2/c17-14(21)11-20-10-13(9-18-20)19-15(22)16(7-4-8-16)12-5-2-1-3-6-12/h1-3,5-6,9-10H,4,7-8,11H2,(H2,17,21)(H,19,22). The maximum Gasteiger partial charge on any atom is 0.239 e. The first-order valence-electron chi connectivity index (χ1n) is 7.28. The Hall–Kier alpha value is -2.63. The molecule has 6 nitrogen and oxygen atoms in total. The van der Waals surface area contributed by atoms with E-state index >= 15 is 0 Å². The Morgan fingerprint density at radius 2 is 2.00 bits per heavy atom. The van der Waals surface area contributed by atoms with Gasteiger partial charge in [0.2, 0.25) is 11.8 Å². The highest BCUT2D eigenvalue weighted by atomic mass is 16.2. The van der Waals surface area contributed by atoms with E-state index in [0.29, 0.717) is 5.69 Å². The molecular formula is C16H18N4O2. The zero-order chi connectivity index (χ0) is 15.6. The molecule has 2 aromatic rings. The molecule has 1 aromatic carbocycles. The summed E-state index contributed by atoms with van der Waals surface area (Å²) in [5.41, 5.74) is 6.29. The second-order valence-corrected chi connectivity index (χ2v) is 5.65. The highest BCUT2D eigenvalue weighted by Gasteiger charge is 2.45. The zero-order valence-corrected chi connectivity index (χ0v) is 12.2. The molecule has 0 bridgehead atoms. The van der Waals surface area contributed by atoms with E-state index in [1.807, 2.05) is 30.3 Å². The minimum absolute atomic E-state index is 0.000299. The third-order valence-corrected chi connectivity index (χ3v) is 4.18. The molecule has 6 heteroatoms. The number of amides is 2. The van der Waals surface area contributed by atoms with E-state index in [1.54, 1.807) is 6.20 Å². The number of nitrogens with two attached hydrogens (primary N) is 1. The number of primary amides is 1. The van der Waals surface area contributed by atoms with Gasteiger partial charge in [-0.05, 0) is 18.4 Å². The van der Waals surface area contributed by atoms with Crippen molar-refractivity contribution in [2.75, 3.05) is 5.32 Å². The van der Waals surface area contributed by atoms with Crippen LogP contribution in [0.2, 0.25) is 0 Å². The van der Waals surface area contributed by atoms with Crippen molar-refractivity contribution in [3.8, 4) is 0 Å². The van der Waals surface area contributed by atoms with Gasteiger partial charge in [0.15, 0.2) is 0 Å². The summed E-state index contributed by atoms with van der Waals surface area (Å²) in [5.74, 6) is -0.496. The lowest BCUT2D eigenvalue weighted by Gasteiger charge is -2.40. The highest BCUT2D eigenvalue weighted by molar-refractivity contribution is 5.99. The molecule has 0 aliphatic heterocycles. The Labute approximate surface area is 128 Å². The molecule has 0 unspecified atom stereocenters. The predicted octanol–water partition coefficient (Wildman–Crippen LogP) is 1.43. The van der Waals surface area contributed by atoms with Gasteiger partial charge >= 0.3 is 0 Å². The van der Waals surface area contributed by atoms with Gasteiger partial charge in [-0.15, -0.1) is 0 Å². The maximum absolute atomic E-state index is 12.7. The number of benzene rings is 1. The van der Waals surface area contributed by atoms with Crippen molar-refractivity contribution in [1.29, 1.82) is 0 Å². The van der Waals surface area contributed by atoms with Crippen LogP contribution in [0.4, 0.5) is 5.69 Å². The number of nitrogens with zero attached hydrogens (tertiary/aromatic N) is 2. The Bertz CT molecular complexity index is 689. The second-order valence-electron chi connectivity index (χ2n) is 5.65. The van der Waals surface area contributed by atoms with Crippen molar-refractivity contribution >= 4 is 17.5 Å². The van der Waals surface area contributed by atoms with Crippen molar-refractivity contribution in [3.05, 3.63) is 48.3 Å². The van der Waals surface area contributed by atoms with Gasteiger partial charge in [-0.2, -0.15) is 5.10 Å². The van der Waals surface area contributed by atoms with Crippen LogP contribution in [0.15, 0.2) is 42.7 Å². The molecule has 1 heterocycles. The number of carbonyl (C=O) groups excluding carboxylic acids is 2. The van der Waals surface area contributed by atoms with Gasteiger partial charge in [-0.25, -0.2) is 0 Å². The van der Waals surface area contributed by atoms with E-state index in [2.05, 4.69) is 10.4 Å². The highest BCUT2D eigenvalue weighted by Crippen LogP contribution is 2.44. The van der Waals surface area contributed by atoms with E-state index in [9.17, 15) is 9.59 Å². The fourth-order valence-corrected chi connectivity index (χ4v) is 2.86. The van der Waals surface area contributed by atoms with Crippen LogP contribution in [0.25, 0.3) is 0 Å². The summed E-state index contributed by atoms with van der Waals surface area (Å²) in [4.78, 5) is 23.6. The minimum atomic E-state index is -0.472. The summed E-state index contributed by atoms with van der Waals surface area (Å²) >= 11 is 0. The van der Waals surface area contributed by atoms with Crippen molar-refractivity contribution in [3.63, 3.8) is 0 Å². The number of rotatable bonds is 5. The molecule has 1 aliphatic carbocycles. The van der Waals surface area contributed by atoms with E-state index in [1.165, 1.54) is 10.9 Å². The van der Waals surface area contributed by atoms with E-state index in [-0.39, 0.29) is 12.5 Å². The van der Waals surface area contributed by atoms with Gasteiger partial charge in [0.1, 0.15) is 6.54 Å². The molecule has 1 aliphatic rings. The van der Waals surface area contributed by atoms with Crippen LogP contribution in [-0.4, -0.2) is 21.6 Å². The number of nitrogens with one attached hydrogen (secondary N) is 1. The topological polar surface area (TPSA) is 90.0 Å². The molecule has 2 amide bonds. The molecule has 3 N–H and O–H groups in total. The quantitative estimate of drug-likeness (QED) is 0.875. The third kappa shape index (κ3) is 2.59. The number of hydrogen-bond donors (Lipinski definition) is 2. The summed E-state index contributed by atoms with van der Waals surface area (Å²) in [6.45, 7) is -0.000299. The average Bonchev–Trinajstić information content (AvgIpc) is 2.85. The fraction of sp³-hybridized carbons (Fsp3) is 0.312. The van der Waals surface area contributed by atoms with Gasteiger partial charge in [-0.1, -0.05) is 36.8 Å². The molecule has 114 valence electrons. The smallest absolute Gasteiger partial charge is 0.239 e. The Morgan fingerprint density at radius 3 is 2.59 bits per heavy atom. The van der Waals surface area contributed by atoms with Gasteiger partial charge in [0, 0.05) is 6.20 Å². The largest absolute Gasteiger partial charge is 0.368 e. The molecule has 0 radical (unpaired) electrons. The number of hydrogen-bond acceptors (Lipinski definition) is 3. The molecule has 3 rings (SSSR count). The lowest BCUT2D eigenvalue weighted by atomic mass is 9.64. The van der Waals surface area contributed by atoms with Crippen LogP contribution in [0, 0.1) is 0 Å². The predicted molar refractivity (Wildman–Crippen MR) is 82.0 cm³/mol. The maximum atomic E-state index is 12.7. The average molecular weight is 298 g/mol. The Morgan fingerprint density at radius 1 is 1.27 bits per heavy atom. The van der Waals surface area contributed by atoms with Crippen LogP contribution in [0.5, 0.6) is 0 Å². The lowest BCUT2D eigenvalue weighted by Crippen LogP contribution is -2.45. The van der Waals surface area contributed by atoms with Crippen LogP contribution in [0.3, 0.4) is 0 Å². The van der Waals surface area contributed by atoms with Crippen molar-refractivity contribution in [2.24, 2.45) is 5.73 Å². The van der Waals surface area contributed by atoms with Gasteiger partial charge in [0.25, 0.3) is 0 Å². The van der Waals surface area contributed by atoms with Gasteiger partial charge < -0.3 is 11.1 Å². The van der Waals surface area contributed by atoms with Crippen molar-refractivity contribution < 1.29 is 9.59 Å². The lowest BCUT2D eigenvalue weighted by molar-refractivity contribution is -0.124. The Balaban J connectivity index is 1.76. The first kappa shape index (κ1) is 14.3. The number of anilines is 1. The summed E-state index contributed by atoms with van der Waals surface area (Å²) < 4.78 is 1.41. The summed E-state index contributed by atoms with van der Waals surface area (Å²) in [6.07, 6.45) is 5.87. The summed E-state index contributed by atoms with van der Waals surface area (Å²) in [7, 11) is 0. The minimum Gasteiger partial charge on any atom is -0.368 e. The summed E-state index contributed by atoms with van der Waals surface area (Å²) in [5, 5.41) is 6.91. The monoisotopic (exact) mass is 298 g/mol. The third-order valence-electron chi connectivity index (χ3n) is 4.18. The molecule has 0 atom stereocenters. The Kier molecular flexibility index (Phi) is 3.66. The van der Waals surface area contributed by atoms with Crippen molar-refractivity contribution in [2.45, 2.75) is 31.2 Å². The van der Waals surface area contributed by atoms with E-state index in [4.69, 9.17) is 5.73 Å². The first-order valence-corrected chi connectivity index (χ1v) is 7.28. The van der Waals surface area contributed by atoms with Gasteiger partial charge in [0.05, 0.1) is 17.3 Å². The first-order chi connectivity index (χ1) is 10.6. The van der Waals surface area contributed by atoms with Crippen LogP contribution < -0.4 is 11.1 Å². The molecule has 1 saturated carbocycles. The molecule has 0 saturated heterocycles. The molecular weight excluding hydrogens is 280 g/mol. The fourth-order valence-electron chi connectivity index (χ4n) is 2.86. The zero-order valence-electron chi connectivity index (χ0n) is 12.2. The normalized spacial score (nSPS) is 15.8. The summed E-state index contributed by atoms with van der Waals surface area (Å²) in [6, 6.07) is 9.84. The van der Waals surface area contributed by atoms with E-state index < -0.39 is 11.3 Å². The number of aromatic nitrogens is 2. The molecule has 0 spiro atoms. The molecule has 22 heavy (non-hydrogen) atoms.